The van der Waals surface area contributed by atoms with Gasteiger partial charge in [-0.1, -0.05) is 23.7 Å². The van der Waals surface area contributed by atoms with Gasteiger partial charge in [-0.15, -0.1) is 0 Å². The molecule has 1 unspecified atom stereocenters. The second-order valence-electron chi connectivity index (χ2n) is 3.72. The third-order valence-electron chi connectivity index (χ3n) is 2.66. The Morgan fingerprint density at radius 1 is 1.41 bits per heavy atom. The van der Waals surface area contributed by atoms with E-state index in [1.54, 1.807) is 23.0 Å². The fourth-order valence-electron chi connectivity index (χ4n) is 1.76. The van der Waals surface area contributed by atoms with Gasteiger partial charge in [0.05, 0.1) is 23.0 Å². The fourth-order valence-corrected chi connectivity index (χ4v) is 2.02. The molecule has 0 aliphatic rings. The normalized spacial score (nSPS) is 12.7. The summed E-state index contributed by atoms with van der Waals surface area (Å²) in [6, 6.07) is 5.68. The van der Waals surface area contributed by atoms with Gasteiger partial charge in [0, 0.05) is 6.54 Å². The molecule has 0 saturated heterocycles. The molecule has 1 heterocycles. The zero-order valence-corrected chi connectivity index (χ0v) is 10.2. The third-order valence-corrected chi connectivity index (χ3v) is 2.95. The average Bonchev–Trinajstić information content (AvgIpc) is 2.70. The van der Waals surface area contributed by atoms with Crippen LogP contribution in [0.15, 0.2) is 30.5 Å². The largest absolute Gasteiger partial charge is 0.319 e. The Bertz CT molecular complexity index is 507. The van der Waals surface area contributed by atoms with E-state index in [4.69, 9.17) is 17.3 Å². The first kappa shape index (κ1) is 12.1. The van der Waals surface area contributed by atoms with Crippen LogP contribution in [0.3, 0.4) is 0 Å². The SMILES string of the molecule is CCn1ncc(Cl)c1C(N)c1ccc(F)cc1. The predicted octanol–water partition coefficient (Wildman–Crippen LogP) is 2.74. The van der Waals surface area contributed by atoms with Crippen LogP contribution in [0.1, 0.15) is 24.2 Å². The molecule has 0 bridgehead atoms. The van der Waals surface area contributed by atoms with E-state index in [-0.39, 0.29) is 5.82 Å². The lowest BCUT2D eigenvalue weighted by molar-refractivity contribution is 0.598. The highest BCUT2D eigenvalue weighted by Crippen LogP contribution is 2.26. The molecule has 90 valence electrons. The predicted molar refractivity (Wildman–Crippen MR) is 65.3 cm³/mol. The number of aryl methyl sites for hydroxylation is 1. The maximum atomic E-state index is 12.8. The minimum atomic E-state index is -0.398. The Kier molecular flexibility index (Phi) is 3.45. The van der Waals surface area contributed by atoms with E-state index in [2.05, 4.69) is 5.10 Å². The molecule has 1 aromatic carbocycles. The first-order valence-electron chi connectivity index (χ1n) is 5.35. The Balaban J connectivity index is 2.39. The van der Waals surface area contributed by atoms with E-state index < -0.39 is 6.04 Å². The lowest BCUT2D eigenvalue weighted by Gasteiger charge is -2.14. The molecule has 1 atom stereocenters. The minimum Gasteiger partial charge on any atom is -0.319 e. The fraction of sp³-hybridized carbons (Fsp3) is 0.250. The number of halogens is 2. The molecule has 2 N–H and O–H groups in total. The van der Waals surface area contributed by atoms with Gasteiger partial charge in [0.15, 0.2) is 0 Å². The van der Waals surface area contributed by atoms with Crippen LogP contribution in [0.25, 0.3) is 0 Å². The highest BCUT2D eigenvalue weighted by molar-refractivity contribution is 6.31. The van der Waals surface area contributed by atoms with Crippen LogP contribution in [0, 0.1) is 5.82 Å². The number of benzene rings is 1. The van der Waals surface area contributed by atoms with Crippen molar-refractivity contribution in [2.24, 2.45) is 5.73 Å². The van der Waals surface area contributed by atoms with Gasteiger partial charge in [-0.3, -0.25) is 4.68 Å². The second-order valence-corrected chi connectivity index (χ2v) is 4.13. The van der Waals surface area contributed by atoms with Crippen molar-refractivity contribution in [3.63, 3.8) is 0 Å². The first-order valence-corrected chi connectivity index (χ1v) is 5.73. The van der Waals surface area contributed by atoms with E-state index in [1.807, 2.05) is 6.92 Å². The molecule has 3 nitrogen and oxygen atoms in total. The number of aromatic nitrogens is 2. The van der Waals surface area contributed by atoms with E-state index in [0.717, 1.165) is 11.3 Å². The molecule has 0 saturated carbocycles. The van der Waals surface area contributed by atoms with E-state index in [0.29, 0.717) is 11.6 Å². The topological polar surface area (TPSA) is 43.8 Å². The summed E-state index contributed by atoms with van der Waals surface area (Å²) in [5, 5.41) is 4.66. The zero-order valence-electron chi connectivity index (χ0n) is 9.40. The lowest BCUT2D eigenvalue weighted by Crippen LogP contribution is -2.17. The highest BCUT2D eigenvalue weighted by atomic mass is 35.5. The lowest BCUT2D eigenvalue weighted by atomic mass is 10.0. The summed E-state index contributed by atoms with van der Waals surface area (Å²) in [6.45, 7) is 2.65. The molecule has 1 aromatic heterocycles. The van der Waals surface area contributed by atoms with Crippen molar-refractivity contribution in [1.82, 2.24) is 9.78 Å². The van der Waals surface area contributed by atoms with Crippen molar-refractivity contribution in [2.75, 3.05) is 0 Å². The molecular formula is C12H13ClFN3. The Morgan fingerprint density at radius 3 is 2.65 bits per heavy atom. The van der Waals surface area contributed by atoms with Crippen molar-refractivity contribution < 1.29 is 4.39 Å². The smallest absolute Gasteiger partial charge is 0.123 e. The van der Waals surface area contributed by atoms with E-state index in [1.165, 1.54) is 12.1 Å². The van der Waals surface area contributed by atoms with Gasteiger partial charge < -0.3 is 5.73 Å². The van der Waals surface area contributed by atoms with Gasteiger partial charge in [-0.25, -0.2) is 4.39 Å². The summed E-state index contributed by atoms with van der Waals surface area (Å²) in [5.74, 6) is -0.281. The van der Waals surface area contributed by atoms with Crippen LogP contribution in [-0.4, -0.2) is 9.78 Å². The molecule has 0 spiro atoms. The van der Waals surface area contributed by atoms with Gasteiger partial charge in [0.25, 0.3) is 0 Å². The van der Waals surface area contributed by atoms with Gasteiger partial charge in [-0.05, 0) is 24.6 Å². The molecule has 0 aliphatic carbocycles. The maximum absolute atomic E-state index is 12.8. The van der Waals surface area contributed by atoms with Crippen molar-refractivity contribution in [3.8, 4) is 0 Å². The molecule has 0 aliphatic heterocycles. The van der Waals surface area contributed by atoms with E-state index in [9.17, 15) is 4.39 Å². The number of rotatable bonds is 3. The number of hydrogen-bond donors (Lipinski definition) is 1. The van der Waals surface area contributed by atoms with Crippen molar-refractivity contribution in [3.05, 3.63) is 52.6 Å². The molecule has 0 fully saturated rings. The summed E-state index contributed by atoms with van der Waals surface area (Å²) in [7, 11) is 0. The molecule has 0 radical (unpaired) electrons. The first-order chi connectivity index (χ1) is 8.13. The van der Waals surface area contributed by atoms with Gasteiger partial charge in [-0.2, -0.15) is 5.10 Å². The van der Waals surface area contributed by atoms with Crippen LogP contribution in [0.4, 0.5) is 4.39 Å². The molecule has 0 amide bonds. The van der Waals surface area contributed by atoms with Crippen LogP contribution in [0.2, 0.25) is 5.02 Å². The molecule has 2 rings (SSSR count). The van der Waals surface area contributed by atoms with Crippen molar-refractivity contribution in [1.29, 1.82) is 0 Å². The standard InChI is InChI=1S/C12H13ClFN3/c1-2-17-12(10(13)7-16-17)11(15)8-3-5-9(14)6-4-8/h3-7,11H,2,15H2,1H3. The summed E-state index contributed by atoms with van der Waals surface area (Å²) in [6.07, 6.45) is 1.57. The number of nitrogens with zero attached hydrogens (tertiary/aromatic N) is 2. The van der Waals surface area contributed by atoms with Gasteiger partial charge >= 0.3 is 0 Å². The number of nitrogens with two attached hydrogens (primary N) is 1. The van der Waals surface area contributed by atoms with Crippen molar-refractivity contribution in [2.45, 2.75) is 19.5 Å². The Morgan fingerprint density at radius 2 is 2.06 bits per heavy atom. The van der Waals surface area contributed by atoms with Crippen LogP contribution in [0.5, 0.6) is 0 Å². The third kappa shape index (κ3) is 2.33. The average molecular weight is 254 g/mol. The Labute approximate surface area is 104 Å². The summed E-state index contributed by atoms with van der Waals surface area (Å²) in [5.41, 5.74) is 7.68. The maximum Gasteiger partial charge on any atom is 0.123 e. The zero-order chi connectivity index (χ0) is 12.4. The number of hydrogen-bond acceptors (Lipinski definition) is 2. The van der Waals surface area contributed by atoms with Crippen LogP contribution in [-0.2, 0) is 6.54 Å². The summed E-state index contributed by atoms with van der Waals surface area (Å²) in [4.78, 5) is 0. The van der Waals surface area contributed by atoms with Crippen LogP contribution < -0.4 is 5.73 Å². The van der Waals surface area contributed by atoms with Crippen LogP contribution >= 0.6 is 11.6 Å². The molecule has 2 aromatic rings. The van der Waals surface area contributed by atoms with E-state index >= 15 is 0 Å². The monoisotopic (exact) mass is 253 g/mol. The quantitative estimate of drug-likeness (QED) is 0.914. The van der Waals surface area contributed by atoms with Gasteiger partial charge in [0.2, 0.25) is 0 Å². The highest BCUT2D eigenvalue weighted by Gasteiger charge is 2.17. The van der Waals surface area contributed by atoms with Gasteiger partial charge in [0.1, 0.15) is 5.82 Å². The summed E-state index contributed by atoms with van der Waals surface area (Å²) < 4.78 is 14.6. The summed E-state index contributed by atoms with van der Waals surface area (Å²) >= 11 is 6.06. The molecular weight excluding hydrogens is 241 g/mol. The second kappa shape index (κ2) is 4.85. The Hall–Kier alpha value is -1.39. The van der Waals surface area contributed by atoms with Crippen molar-refractivity contribution >= 4 is 11.6 Å². The minimum absolute atomic E-state index is 0.281. The molecule has 5 heteroatoms. The molecule has 17 heavy (non-hydrogen) atoms.